The van der Waals surface area contributed by atoms with Gasteiger partial charge >= 0.3 is 0 Å². The normalized spacial score (nSPS) is 12.4. The first-order valence-corrected chi connectivity index (χ1v) is 7.52. The summed E-state index contributed by atoms with van der Waals surface area (Å²) in [7, 11) is 0. The van der Waals surface area contributed by atoms with Gasteiger partial charge in [-0.2, -0.15) is 0 Å². The van der Waals surface area contributed by atoms with Gasteiger partial charge in [-0.3, -0.25) is 4.79 Å². The van der Waals surface area contributed by atoms with E-state index in [0.29, 0.717) is 0 Å². The van der Waals surface area contributed by atoms with Crippen molar-refractivity contribution in [2.24, 2.45) is 5.92 Å². The van der Waals surface area contributed by atoms with E-state index in [4.69, 9.17) is 0 Å². The molecule has 0 rings (SSSR count). The van der Waals surface area contributed by atoms with Gasteiger partial charge in [-0.15, -0.1) is 0 Å². The third-order valence-electron chi connectivity index (χ3n) is 3.45. The molecule has 0 fully saturated rings. The molecule has 0 spiro atoms. The minimum absolute atomic E-state index is 0.808. The molecule has 102 valence electrons. The predicted molar refractivity (Wildman–Crippen MR) is 75.1 cm³/mol. The molecule has 1 N–H and O–H groups in total. The van der Waals surface area contributed by atoms with Crippen LogP contribution in [0.4, 0.5) is 0 Å². The van der Waals surface area contributed by atoms with Gasteiger partial charge in [0, 0.05) is 6.54 Å². The highest BCUT2D eigenvalue weighted by Gasteiger charge is 2.07. The van der Waals surface area contributed by atoms with E-state index < -0.39 is 0 Å². The van der Waals surface area contributed by atoms with E-state index in [9.17, 15) is 4.79 Å². The van der Waals surface area contributed by atoms with Gasteiger partial charge in [-0.1, -0.05) is 65.2 Å². The molecule has 0 aliphatic rings. The highest BCUT2D eigenvalue weighted by atomic mass is 16.1. The number of hydrogen-bond acceptors (Lipinski definition) is 1. The van der Waals surface area contributed by atoms with Crippen LogP contribution < -0.4 is 5.32 Å². The number of amides is 1. The summed E-state index contributed by atoms with van der Waals surface area (Å²) in [5.74, 6) is 0.889. The maximum Gasteiger partial charge on any atom is 0.207 e. The van der Waals surface area contributed by atoms with Crippen LogP contribution in [0.1, 0.15) is 78.1 Å². The van der Waals surface area contributed by atoms with E-state index in [1.54, 1.807) is 0 Å². The highest BCUT2D eigenvalue weighted by molar-refractivity contribution is 5.45. The van der Waals surface area contributed by atoms with Gasteiger partial charge in [0.05, 0.1) is 0 Å². The summed E-state index contributed by atoms with van der Waals surface area (Å²) in [6.45, 7) is 5.38. The topological polar surface area (TPSA) is 29.1 Å². The average molecular weight is 241 g/mol. The van der Waals surface area contributed by atoms with Crippen LogP contribution in [0.15, 0.2) is 0 Å². The molecule has 0 radical (unpaired) electrons. The minimum atomic E-state index is 0.808. The Morgan fingerprint density at radius 1 is 0.882 bits per heavy atom. The molecule has 0 aliphatic heterocycles. The summed E-state index contributed by atoms with van der Waals surface area (Å²) in [6.07, 6.45) is 14.2. The quantitative estimate of drug-likeness (QED) is 0.378. The Balaban J connectivity index is 3.59. The molecule has 1 unspecified atom stereocenters. The van der Waals surface area contributed by atoms with Crippen molar-refractivity contribution >= 4 is 6.41 Å². The molecule has 17 heavy (non-hydrogen) atoms. The minimum Gasteiger partial charge on any atom is -0.359 e. The number of unbranched alkanes of at least 4 members (excludes halogenated alkanes) is 4. The van der Waals surface area contributed by atoms with E-state index in [2.05, 4.69) is 19.2 Å². The molecule has 0 aromatic carbocycles. The second kappa shape index (κ2) is 13.5. The van der Waals surface area contributed by atoms with Crippen molar-refractivity contribution in [1.29, 1.82) is 0 Å². The lowest BCUT2D eigenvalue weighted by Crippen LogP contribution is -2.13. The standard InChI is InChI=1S/C15H31NO/c1-3-5-7-8-11-15(10-6-4-2)12-9-13-16-14-17/h14-15H,3-13H2,1-2H3,(H,16,17). The van der Waals surface area contributed by atoms with E-state index in [1.807, 2.05) is 0 Å². The number of hydrogen-bond donors (Lipinski definition) is 1. The summed E-state index contributed by atoms with van der Waals surface area (Å²) in [4.78, 5) is 10.2. The van der Waals surface area contributed by atoms with Crippen LogP contribution in [-0.2, 0) is 4.79 Å². The zero-order chi connectivity index (χ0) is 12.8. The monoisotopic (exact) mass is 241 g/mol. The van der Waals surface area contributed by atoms with Crippen molar-refractivity contribution in [3.63, 3.8) is 0 Å². The zero-order valence-corrected chi connectivity index (χ0v) is 11.8. The second-order valence-corrected chi connectivity index (χ2v) is 5.07. The maximum absolute atomic E-state index is 10.2. The number of carbonyl (C=O) groups excluding carboxylic acids is 1. The van der Waals surface area contributed by atoms with Gasteiger partial charge in [-0.05, 0) is 18.8 Å². The highest BCUT2D eigenvalue weighted by Crippen LogP contribution is 2.21. The Kier molecular flexibility index (Phi) is 13.1. The van der Waals surface area contributed by atoms with E-state index >= 15 is 0 Å². The molecule has 0 aromatic rings. The lowest BCUT2D eigenvalue weighted by Gasteiger charge is -2.16. The Morgan fingerprint density at radius 3 is 2.18 bits per heavy atom. The number of nitrogens with one attached hydrogen (secondary N) is 1. The van der Waals surface area contributed by atoms with Gasteiger partial charge in [0.15, 0.2) is 0 Å². The first kappa shape index (κ1) is 16.5. The molecule has 1 amide bonds. The fourth-order valence-electron chi connectivity index (χ4n) is 2.34. The smallest absolute Gasteiger partial charge is 0.207 e. The summed E-state index contributed by atoms with van der Waals surface area (Å²) < 4.78 is 0. The Labute approximate surface area is 108 Å². The summed E-state index contributed by atoms with van der Waals surface area (Å²) in [5, 5.41) is 2.76. The van der Waals surface area contributed by atoms with Crippen LogP contribution in [0.2, 0.25) is 0 Å². The van der Waals surface area contributed by atoms with E-state index in [-0.39, 0.29) is 0 Å². The van der Waals surface area contributed by atoms with Crippen LogP contribution in [0.3, 0.4) is 0 Å². The van der Waals surface area contributed by atoms with E-state index in [0.717, 1.165) is 25.3 Å². The van der Waals surface area contributed by atoms with Gasteiger partial charge < -0.3 is 5.32 Å². The van der Waals surface area contributed by atoms with Crippen LogP contribution in [0.25, 0.3) is 0 Å². The van der Waals surface area contributed by atoms with Crippen molar-refractivity contribution in [3.8, 4) is 0 Å². The lowest BCUT2D eigenvalue weighted by molar-refractivity contribution is -0.109. The number of rotatable bonds is 13. The van der Waals surface area contributed by atoms with Crippen molar-refractivity contribution in [2.75, 3.05) is 6.54 Å². The Morgan fingerprint density at radius 2 is 1.53 bits per heavy atom. The van der Waals surface area contributed by atoms with Crippen molar-refractivity contribution < 1.29 is 4.79 Å². The molecular weight excluding hydrogens is 210 g/mol. The lowest BCUT2D eigenvalue weighted by atomic mass is 9.91. The van der Waals surface area contributed by atoms with Gasteiger partial charge in [-0.25, -0.2) is 0 Å². The molecule has 0 aromatic heterocycles. The van der Waals surface area contributed by atoms with Gasteiger partial charge in [0.1, 0.15) is 0 Å². The SMILES string of the molecule is CCCCCCC(CCCC)CCCNC=O. The number of carbonyl (C=O) groups is 1. The molecular formula is C15H31NO. The first-order valence-electron chi connectivity index (χ1n) is 7.52. The predicted octanol–water partition coefficient (Wildman–Crippen LogP) is 4.29. The second-order valence-electron chi connectivity index (χ2n) is 5.07. The summed E-state index contributed by atoms with van der Waals surface area (Å²) in [6, 6.07) is 0. The maximum atomic E-state index is 10.2. The molecule has 0 heterocycles. The summed E-state index contributed by atoms with van der Waals surface area (Å²) >= 11 is 0. The molecule has 2 nitrogen and oxygen atoms in total. The van der Waals surface area contributed by atoms with E-state index in [1.165, 1.54) is 57.8 Å². The molecule has 0 aliphatic carbocycles. The average Bonchev–Trinajstić information content (AvgIpc) is 2.35. The zero-order valence-electron chi connectivity index (χ0n) is 11.8. The van der Waals surface area contributed by atoms with Crippen LogP contribution in [-0.4, -0.2) is 13.0 Å². The van der Waals surface area contributed by atoms with Crippen LogP contribution in [0, 0.1) is 5.92 Å². The van der Waals surface area contributed by atoms with Gasteiger partial charge in [0.25, 0.3) is 0 Å². The molecule has 0 bridgehead atoms. The van der Waals surface area contributed by atoms with Crippen LogP contribution in [0.5, 0.6) is 0 Å². The van der Waals surface area contributed by atoms with Crippen molar-refractivity contribution in [2.45, 2.75) is 78.1 Å². The Hall–Kier alpha value is -0.530. The largest absolute Gasteiger partial charge is 0.359 e. The molecule has 0 saturated carbocycles. The third kappa shape index (κ3) is 11.7. The fraction of sp³-hybridized carbons (Fsp3) is 0.933. The molecule has 0 saturated heterocycles. The van der Waals surface area contributed by atoms with Gasteiger partial charge in [0.2, 0.25) is 6.41 Å². The van der Waals surface area contributed by atoms with Crippen molar-refractivity contribution in [3.05, 3.63) is 0 Å². The third-order valence-corrected chi connectivity index (χ3v) is 3.45. The molecule has 2 heteroatoms. The van der Waals surface area contributed by atoms with Crippen LogP contribution >= 0.6 is 0 Å². The Bertz CT molecular complexity index is 159. The fourth-order valence-corrected chi connectivity index (χ4v) is 2.34. The molecule has 1 atom stereocenters. The van der Waals surface area contributed by atoms with Crippen molar-refractivity contribution in [1.82, 2.24) is 5.32 Å². The first-order chi connectivity index (χ1) is 8.35. The summed E-state index contributed by atoms with van der Waals surface area (Å²) in [5.41, 5.74) is 0.